The van der Waals surface area contributed by atoms with E-state index in [-0.39, 0.29) is 76.4 Å². The molecule has 2 heterocycles. The quantitative estimate of drug-likeness (QED) is 0.302. The summed E-state index contributed by atoms with van der Waals surface area (Å²) >= 11 is 5.84. The van der Waals surface area contributed by atoms with E-state index in [2.05, 4.69) is 46.2 Å². The van der Waals surface area contributed by atoms with Gasteiger partial charge in [-0.25, -0.2) is 9.37 Å². The van der Waals surface area contributed by atoms with E-state index in [1.54, 1.807) is 6.08 Å². The van der Waals surface area contributed by atoms with Gasteiger partial charge in [0.25, 0.3) is 17.6 Å². The molecule has 41 heavy (non-hydrogen) atoms. The van der Waals surface area contributed by atoms with E-state index in [1.165, 1.54) is 35.0 Å². The minimum absolute atomic E-state index is 0.00714. The Morgan fingerprint density at radius 3 is 2.80 bits per heavy atom. The molecule has 3 aromatic rings. The van der Waals surface area contributed by atoms with Crippen molar-refractivity contribution < 1.29 is 23.5 Å². The van der Waals surface area contributed by atoms with Crippen molar-refractivity contribution >= 4 is 35.2 Å². The third kappa shape index (κ3) is 5.55. The van der Waals surface area contributed by atoms with Crippen LogP contribution in [0.3, 0.4) is 0 Å². The molecule has 2 fully saturated rings. The van der Waals surface area contributed by atoms with Crippen LogP contribution in [0.4, 0.5) is 4.39 Å². The van der Waals surface area contributed by atoms with Crippen LogP contribution < -0.4 is 10.6 Å². The number of carbonyl (C=O) groups is 3. The molecule has 2 aliphatic rings. The predicted octanol–water partition coefficient (Wildman–Crippen LogP) is 4.14. The van der Waals surface area contributed by atoms with Gasteiger partial charge in [-0.3, -0.25) is 18.8 Å². The average Bonchev–Trinajstić information content (AvgIpc) is 3.57. The zero-order valence-corrected chi connectivity index (χ0v) is 23.7. The van der Waals surface area contributed by atoms with Gasteiger partial charge in [-0.15, -0.1) is 10.2 Å². The number of carbonyl (C=O) groups excluding carboxylic acids is 3. The molecular weight excluding hydrogens is 551 g/mol. The summed E-state index contributed by atoms with van der Waals surface area (Å²) in [5.41, 5.74) is 0.644. The third-order valence-corrected chi connectivity index (χ3v) is 9.20. The van der Waals surface area contributed by atoms with E-state index >= 15 is 0 Å². The van der Waals surface area contributed by atoms with Gasteiger partial charge in [-0.2, -0.15) is 0 Å². The maximum absolute atomic E-state index is 13.6. The largest absolute Gasteiger partial charge is 0.461 e. The topological polar surface area (TPSA) is 128 Å². The van der Waals surface area contributed by atoms with Gasteiger partial charge in [-0.1, -0.05) is 44.2 Å². The second-order valence-electron chi connectivity index (χ2n) is 11.1. The number of hydrogen-bond acceptors (Lipinski definition) is 7. The number of fused-ring (bicyclic) bond motifs is 2. The monoisotopic (exact) mass is 582 g/mol. The molecule has 2 aromatic heterocycles. The molecule has 216 valence electrons. The smallest absolute Gasteiger partial charge is 0.309 e. The van der Waals surface area contributed by atoms with Crippen LogP contribution in [0.15, 0.2) is 43.2 Å². The fourth-order valence-corrected chi connectivity index (χ4v) is 6.69. The summed E-state index contributed by atoms with van der Waals surface area (Å²) in [5.74, 6) is -1.44. The summed E-state index contributed by atoms with van der Waals surface area (Å²) in [4.78, 5) is 43.5. The highest BCUT2D eigenvalue weighted by Crippen LogP contribution is 2.57. The summed E-state index contributed by atoms with van der Waals surface area (Å²) in [6, 6.07) is 5.48. The second kappa shape index (κ2) is 11.6. The lowest BCUT2D eigenvalue weighted by Gasteiger charge is -2.46. The maximum Gasteiger partial charge on any atom is 0.309 e. The van der Waals surface area contributed by atoms with E-state index in [1.807, 2.05) is 0 Å². The van der Waals surface area contributed by atoms with Gasteiger partial charge in [0.05, 0.1) is 10.9 Å². The number of esters is 1. The minimum Gasteiger partial charge on any atom is -0.461 e. The minimum atomic E-state index is -0.549. The SMILES string of the molecule is C=CCOC(=O)C1CCC2C(NC(=O)c3cc(C(=O)NCc4ccc(F)c(Cl)c4)nc4nncn34)CCC2(C)C1C. The normalized spacial score (nSPS) is 25.4. The number of nitrogens with zero attached hydrogens (tertiary/aromatic N) is 4. The molecule has 10 nitrogen and oxygen atoms in total. The van der Waals surface area contributed by atoms with Crippen LogP contribution in [0.1, 0.15) is 66.1 Å². The van der Waals surface area contributed by atoms with E-state index in [0.29, 0.717) is 12.0 Å². The van der Waals surface area contributed by atoms with Gasteiger partial charge < -0.3 is 15.4 Å². The zero-order valence-electron chi connectivity index (χ0n) is 22.9. The molecule has 0 aliphatic heterocycles. The summed E-state index contributed by atoms with van der Waals surface area (Å²) in [7, 11) is 0. The zero-order chi connectivity index (χ0) is 29.3. The van der Waals surface area contributed by atoms with E-state index in [9.17, 15) is 18.8 Å². The number of ether oxygens (including phenoxy) is 1. The highest BCUT2D eigenvalue weighted by Gasteiger charge is 2.54. The Labute approximate surface area is 241 Å². The van der Waals surface area contributed by atoms with Crippen LogP contribution in [0.5, 0.6) is 0 Å². The predicted molar refractivity (Wildman–Crippen MR) is 148 cm³/mol. The van der Waals surface area contributed by atoms with Crippen molar-refractivity contribution in [3.8, 4) is 0 Å². The molecule has 5 atom stereocenters. The molecule has 5 rings (SSSR count). The Morgan fingerprint density at radius 1 is 1.24 bits per heavy atom. The van der Waals surface area contributed by atoms with Gasteiger partial charge in [-0.05, 0) is 66.7 Å². The fraction of sp³-hybridized carbons (Fsp3) is 0.448. The molecule has 2 N–H and O–H groups in total. The summed E-state index contributed by atoms with van der Waals surface area (Å²) in [6.07, 6.45) is 6.07. The lowest BCUT2D eigenvalue weighted by atomic mass is 9.58. The number of halogens is 2. The van der Waals surface area contributed by atoms with Gasteiger partial charge in [0.1, 0.15) is 30.1 Å². The highest BCUT2D eigenvalue weighted by atomic mass is 35.5. The molecule has 0 saturated heterocycles. The first-order valence-corrected chi connectivity index (χ1v) is 14.0. The van der Waals surface area contributed by atoms with E-state index in [4.69, 9.17) is 16.3 Å². The highest BCUT2D eigenvalue weighted by molar-refractivity contribution is 6.30. The Bertz CT molecular complexity index is 1510. The number of nitrogens with one attached hydrogen (secondary N) is 2. The first-order chi connectivity index (χ1) is 19.6. The molecule has 1 aromatic carbocycles. The Balaban J connectivity index is 1.30. The lowest BCUT2D eigenvalue weighted by molar-refractivity contribution is -0.154. The van der Waals surface area contributed by atoms with Crippen molar-refractivity contribution in [2.45, 2.75) is 52.1 Å². The van der Waals surface area contributed by atoms with Crippen molar-refractivity contribution in [3.63, 3.8) is 0 Å². The van der Waals surface area contributed by atoms with Crippen molar-refractivity contribution in [2.75, 3.05) is 6.61 Å². The summed E-state index contributed by atoms with van der Waals surface area (Å²) < 4.78 is 20.3. The van der Waals surface area contributed by atoms with Gasteiger partial charge in [0, 0.05) is 12.6 Å². The number of rotatable bonds is 8. The van der Waals surface area contributed by atoms with Crippen LogP contribution in [0.2, 0.25) is 5.02 Å². The Kier molecular flexibility index (Phi) is 8.08. The van der Waals surface area contributed by atoms with Gasteiger partial charge >= 0.3 is 5.97 Å². The molecule has 2 aliphatic carbocycles. The average molecular weight is 583 g/mol. The van der Waals surface area contributed by atoms with E-state index < -0.39 is 11.7 Å². The van der Waals surface area contributed by atoms with Gasteiger partial charge in [0.15, 0.2) is 0 Å². The number of amides is 2. The first-order valence-electron chi connectivity index (χ1n) is 13.6. The van der Waals surface area contributed by atoms with E-state index in [0.717, 1.165) is 19.3 Å². The van der Waals surface area contributed by atoms with Crippen LogP contribution in [-0.4, -0.2) is 50.0 Å². The third-order valence-electron chi connectivity index (χ3n) is 8.91. The summed E-state index contributed by atoms with van der Waals surface area (Å²) in [5, 5.41) is 13.7. The molecular formula is C29H32ClFN6O4. The molecule has 2 amide bonds. The number of aromatic nitrogens is 4. The number of hydrogen-bond donors (Lipinski definition) is 2. The lowest BCUT2D eigenvalue weighted by Crippen LogP contribution is -2.48. The van der Waals surface area contributed by atoms with Crippen LogP contribution in [0.25, 0.3) is 5.78 Å². The summed E-state index contributed by atoms with van der Waals surface area (Å²) in [6.45, 7) is 8.20. The molecule has 0 spiro atoms. The first kappa shape index (κ1) is 28.7. The number of benzene rings is 1. The molecule has 5 unspecified atom stereocenters. The Hall–Kier alpha value is -3.86. The van der Waals surface area contributed by atoms with Crippen molar-refractivity contribution in [3.05, 3.63) is 71.0 Å². The van der Waals surface area contributed by atoms with Crippen molar-refractivity contribution in [1.29, 1.82) is 0 Å². The fourth-order valence-electron chi connectivity index (χ4n) is 6.49. The maximum atomic E-state index is 13.6. The molecule has 2 saturated carbocycles. The van der Waals surface area contributed by atoms with Crippen LogP contribution in [0, 0.1) is 29.0 Å². The van der Waals surface area contributed by atoms with Gasteiger partial charge in [0.2, 0.25) is 0 Å². The molecule has 0 radical (unpaired) electrons. The van der Waals surface area contributed by atoms with Crippen molar-refractivity contribution in [1.82, 2.24) is 30.2 Å². The van der Waals surface area contributed by atoms with Crippen LogP contribution in [-0.2, 0) is 16.1 Å². The standard InChI is InChI=1S/C29H32ClFN6O4/c1-4-11-41-27(40)18-6-7-19-22(9-10-29(19,3)16(18)2)34-26(39)24-13-23(35-28-36-33-15-37(24)28)25(38)32-14-17-5-8-21(31)20(30)12-17/h4-5,8,12-13,15-16,18-19,22H,1,6-7,9-11,14H2,2-3H3,(H,32,38)(H,34,39). The Morgan fingerprint density at radius 2 is 2.05 bits per heavy atom. The molecule has 0 bridgehead atoms. The van der Waals surface area contributed by atoms with Crippen LogP contribution >= 0.6 is 11.6 Å². The van der Waals surface area contributed by atoms with Crippen molar-refractivity contribution in [2.24, 2.45) is 23.2 Å². The second-order valence-corrected chi connectivity index (χ2v) is 11.5. The molecule has 12 heteroatoms.